The van der Waals surface area contributed by atoms with E-state index in [2.05, 4.69) is 6.07 Å². The van der Waals surface area contributed by atoms with E-state index in [9.17, 15) is 0 Å². The number of rotatable bonds is 4. The molecular formula is C15H12ClNS. The van der Waals surface area contributed by atoms with E-state index < -0.39 is 0 Å². The fraction of sp³-hybridized carbons (Fsp3) is 0.133. The second kappa shape index (κ2) is 6.49. The van der Waals surface area contributed by atoms with Crippen LogP contribution in [0.1, 0.15) is 16.7 Å². The summed E-state index contributed by atoms with van der Waals surface area (Å²) in [6.45, 7) is 0. The summed E-state index contributed by atoms with van der Waals surface area (Å²) < 4.78 is 0. The van der Waals surface area contributed by atoms with Crippen LogP contribution in [0.2, 0.25) is 5.02 Å². The average Bonchev–Trinajstić information content (AvgIpc) is 2.42. The van der Waals surface area contributed by atoms with Crippen LogP contribution in [-0.4, -0.2) is 0 Å². The minimum Gasteiger partial charge on any atom is -0.192 e. The monoisotopic (exact) mass is 273 g/mol. The number of nitriles is 1. The molecule has 0 atom stereocenters. The molecule has 3 heteroatoms. The van der Waals surface area contributed by atoms with Crippen molar-refractivity contribution in [2.75, 3.05) is 0 Å². The molecule has 0 heterocycles. The fourth-order valence-electron chi connectivity index (χ4n) is 1.54. The molecule has 1 nitrogen and oxygen atoms in total. The van der Waals surface area contributed by atoms with Gasteiger partial charge in [-0.2, -0.15) is 17.0 Å². The number of nitrogens with zero attached hydrogens (tertiary/aromatic N) is 1. The van der Waals surface area contributed by atoms with Crippen molar-refractivity contribution >= 4 is 23.4 Å². The third-order valence-corrected chi connectivity index (χ3v) is 3.86. The Balaban J connectivity index is 1.84. The van der Waals surface area contributed by atoms with E-state index in [0.717, 1.165) is 16.5 Å². The molecule has 0 fully saturated rings. The normalized spacial score (nSPS) is 10.0. The Kier molecular flexibility index (Phi) is 4.69. The summed E-state index contributed by atoms with van der Waals surface area (Å²) in [5, 5.41) is 9.48. The van der Waals surface area contributed by atoms with Crippen LogP contribution in [0.25, 0.3) is 0 Å². The number of benzene rings is 2. The molecule has 0 amide bonds. The highest BCUT2D eigenvalue weighted by Gasteiger charge is 1.97. The van der Waals surface area contributed by atoms with E-state index in [1.165, 1.54) is 11.1 Å². The van der Waals surface area contributed by atoms with E-state index in [-0.39, 0.29) is 0 Å². The first-order valence-corrected chi connectivity index (χ1v) is 7.12. The van der Waals surface area contributed by atoms with Gasteiger partial charge in [0, 0.05) is 16.5 Å². The van der Waals surface area contributed by atoms with Crippen molar-refractivity contribution in [1.82, 2.24) is 0 Å². The quantitative estimate of drug-likeness (QED) is 0.810. The van der Waals surface area contributed by atoms with Crippen LogP contribution in [0.4, 0.5) is 0 Å². The van der Waals surface area contributed by atoms with Gasteiger partial charge in [0.15, 0.2) is 0 Å². The first-order valence-electron chi connectivity index (χ1n) is 5.59. The zero-order valence-electron chi connectivity index (χ0n) is 9.77. The van der Waals surface area contributed by atoms with Crippen LogP contribution in [-0.2, 0) is 11.5 Å². The number of halogens is 1. The smallest absolute Gasteiger partial charge is 0.0991 e. The Labute approximate surface area is 116 Å². The number of hydrogen-bond acceptors (Lipinski definition) is 2. The lowest BCUT2D eigenvalue weighted by Crippen LogP contribution is -1.84. The van der Waals surface area contributed by atoms with Gasteiger partial charge in [0.2, 0.25) is 0 Å². The van der Waals surface area contributed by atoms with E-state index in [1.54, 1.807) is 0 Å². The second-order valence-electron chi connectivity index (χ2n) is 3.93. The summed E-state index contributed by atoms with van der Waals surface area (Å²) in [6.07, 6.45) is 0. The first kappa shape index (κ1) is 13.0. The average molecular weight is 274 g/mol. The highest BCUT2D eigenvalue weighted by molar-refractivity contribution is 7.97. The Hall–Kier alpha value is -1.43. The van der Waals surface area contributed by atoms with Gasteiger partial charge < -0.3 is 0 Å². The molecule has 0 spiro atoms. The molecule has 0 saturated heterocycles. The van der Waals surface area contributed by atoms with E-state index in [0.29, 0.717) is 5.56 Å². The lowest BCUT2D eigenvalue weighted by Gasteiger charge is -2.03. The van der Waals surface area contributed by atoms with Crippen LogP contribution in [0.5, 0.6) is 0 Å². The van der Waals surface area contributed by atoms with Crippen molar-refractivity contribution in [2.45, 2.75) is 11.5 Å². The van der Waals surface area contributed by atoms with Gasteiger partial charge in [0.1, 0.15) is 0 Å². The Morgan fingerprint density at radius 1 is 0.889 bits per heavy atom. The Bertz CT molecular complexity index is 540. The van der Waals surface area contributed by atoms with Crippen molar-refractivity contribution in [2.24, 2.45) is 0 Å². The van der Waals surface area contributed by atoms with Crippen molar-refractivity contribution < 1.29 is 0 Å². The van der Waals surface area contributed by atoms with Gasteiger partial charge in [-0.3, -0.25) is 0 Å². The SMILES string of the molecule is N#Cc1ccc(CSCc2ccc(Cl)cc2)cc1. The van der Waals surface area contributed by atoms with Crippen LogP contribution in [0.15, 0.2) is 48.5 Å². The molecule has 0 aliphatic carbocycles. The third-order valence-electron chi connectivity index (χ3n) is 2.53. The molecule has 0 unspecified atom stereocenters. The largest absolute Gasteiger partial charge is 0.192 e. The highest BCUT2D eigenvalue weighted by atomic mass is 35.5. The highest BCUT2D eigenvalue weighted by Crippen LogP contribution is 2.19. The molecule has 0 bridgehead atoms. The van der Waals surface area contributed by atoms with Crippen molar-refractivity contribution in [1.29, 1.82) is 5.26 Å². The van der Waals surface area contributed by atoms with Crippen LogP contribution in [0, 0.1) is 11.3 Å². The summed E-state index contributed by atoms with van der Waals surface area (Å²) >= 11 is 7.69. The van der Waals surface area contributed by atoms with Crippen molar-refractivity contribution in [3.63, 3.8) is 0 Å². The van der Waals surface area contributed by atoms with Gasteiger partial charge in [-0.15, -0.1) is 0 Å². The van der Waals surface area contributed by atoms with Crippen LogP contribution in [0.3, 0.4) is 0 Å². The molecule has 90 valence electrons. The van der Waals surface area contributed by atoms with Gasteiger partial charge in [0.25, 0.3) is 0 Å². The third kappa shape index (κ3) is 3.80. The van der Waals surface area contributed by atoms with Gasteiger partial charge in [0.05, 0.1) is 11.6 Å². The number of hydrogen-bond donors (Lipinski definition) is 0. The van der Waals surface area contributed by atoms with Gasteiger partial charge >= 0.3 is 0 Å². The summed E-state index contributed by atoms with van der Waals surface area (Å²) in [5.41, 5.74) is 3.23. The topological polar surface area (TPSA) is 23.8 Å². The molecule has 0 radical (unpaired) electrons. The minimum absolute atomic E-state index is 0.710. The molecule has 2 aromatic rings. The maximum absolute atomic E-state index is 8.71. The van der Waals surface area contributed by atoms with Gasteiger partial charge in [-0.1, -0.05) is 35.9 Å². The molecular weight excluding hydrogens is 262 g/mol. The summed E-state index contributed by atoms with van der Waals surface area (Å²) in [6, 6.07) is 17.8. The first-order chi connectivity index (χ1) is 8.78. The second-order valence-corrected chi connectivity index (χ2v) is 5.35. The maximum Gasteiger partial charge on any atom is 0.0991 e. The standard InChI is InChI=1S/C15H12ClNS/c16-15-7-5-14(6-8-15)11-18-10-13-3-1-12(9-17)2-4-13/h1-8H,10-11H2. The van der Waals surface area contributed by atoms with Gasteiger partial charge in [-0.05, 0) is 35.4 Å². The van der Waals surface area contributed by atoms with Crippen LogP contribution >= 0.6 is 23.4 Å². The molecule has 0 N–H and O–H groups in total. The van der Waals surface area contributed by atoms with Gasteiger partial charge in [-0.25, -0.2) is 0 Å². The molecule has 0 aliphatic heterocycles. The summed E-state index contributed by atoms with van der Waals surface area (Å²) in [4.78, 5) is 0. The van der Waals surface area contributed by atoms with Crippen molar-refractivity contribution in [3.05, 3.63) is 70.2 Å². The molecule has 0 aliphatic rings. The van der Waals surface area contributed by atoms with E-state index in [4.69, 9.17) is 16.9 Å². The predicted molar refractivity (Wildman–Crippen MR) is 77.6 cm³/mol. The van der Waals surface area contributed by atoms with Crippen molar-refractivity contribution in [3.8, 4) is 6.07 Å². The lowest BCUT2D eigenvalue weighted by molar-refractivity contribution is 1.36. The lowest BCUT2D eigenvalue weighted by atomic mass is 10.2. The number of thioether (sulfide) groups is 1. The molecule has 0 aromatic heterocycles. The summed E-state index contributed by atoms with van der Waals surface area (Å²) in [7, 11) is 0. The van der Waals surface area contributed by atoms with Crippen LogP contribution < -0.4 is 0 Å². The molecule has 0 saturated carbocycles. The Morgan fingerprint density at radius 3 is 1.89 bits per heavy atom. The Morgan fingerprint density at radius 2 is 1.39 bits per heavy atom. The van der Waals surface area contributed by atoms with E-state index in [1.807, 2.05) is 60.3 Å². The van der Waals surface area contributed by atoms with E-state index >= 15 is 0 Å². The minimum atomic E-state index is 0.710. The summed E-state index contributed by atoms with van der Waals surface area (Å²) in [5.74, 6) is 1.92. The predicted octanol–water partition coefficient (Wildman–Crippen LogP) is 4.65. The zero-order chi connectivity index (χ0) is 12.8. The maximum atomic E-state index is 8.71. The molecule has 18 heavy (non-hydrogen) atoms. The molecule has 2 rings (SSSR count). The molecule has 2 aromatic carbocycles. The fourth-order valence-corrected chi connectivity index (χ4v) is 2.63. The zero-order valence-corrected chi connectivity index (χ0v) is 11.3.